The van der Waals surface area contributed by atoms with E-state index in [2.05, 4.69) is 47.6 Å². The first kappa shape index (κ1) is 20.5. The van der Waals surface area contributed by atoms with Gasteiger partial charge in [-0.15, -0.1) is 0 Å². The van der Waals surface area contributed by atoms with Crippen LogP contribution in [0, 0.1) is 12.3 Å². The first-order valence-corrected chi connectivity index (χ1v) is 8.89. The molecule has 1 rings (SSSR count). The summed E-state index contributed by atoms with van der Waals surface area (Å²) in [6.45, 7) is 14.9. The number of rotatable bonds is 6. The highest BCUT2D eigenvalue weighted by molar-refractivity contribution is 5.69. The maximum atomic E-state index is 11.7. The molecule has 0 radical (unpaired) electrons. The molecule has 0 bridgehead atoms. The van der Waals surface area contributed by atoms with Gasteiger partial charge in [0.15, 0.2) is 0 Å². The minimum Gasteiger partial charge on any atom is -0.507 e. The lowest BCUT2D eigenvalue weighted by atomic mass is 9.83. The summed E-state index contributed by atoms with van der Waals surface area (Å²) >= 11 is 0. The molecular formula is C21H34O3. The van der Waals surface area contributed by atoms with E-state index in [0.717, 1.165) is 30.4 Å². The second-order valence-corrected chi connectivity index (χ2v) is 8.99. The van der Waals surface area contributed by atoms with Gasteiger partial charge in [-0.05, 0) is 53.7 Å². The Morgan fingerprint density at radius 2 is 1.71 bits per heavy atom. The predicted octanol–water partition coefficient (Wildman–Crippen LogP) is 5.30. The zero-order valence-electron chi connectivity index (χ0n) is 16.5. The SMILES string of the molecule is Cc1cc(CCCCC(=O)OCC(C)(C)C)cc(C(C)(C)C)c1O. The van der Waals surface area contributed by atoms with Gasteiger partial charge in [-0.2, -0.15) is 0 Å². The molecule has 24 heavy (non-hydrogen) atoms. The second kappa shape index (κ2) is 8.04. The van der Waals surface area contributed by atoms with Crippen LogP contribution >= 0.6 is 0 Å². The number of carbonyl (C=O) groups excluding carboxylic acids is 1. The largest absolute Gasteiger partial charge is 0.507 e. The average Bonchev–Trinajstić information content (AvgIpc) is 2.42. The van der Waals surface area contributed by atoms with Crippen molar-refractivity contribution in [1.29, 1.82) is 0 Å². The molecule has 136 valence electrons. The van der Waals surface area contributed by atoms with Gasteiger partial charge < -0.3 is 9.84 Å². The van der Waals surface area contributed by atoms with Gasteiger partial charge in [0.25, 0.3) is 0 Å². The lowest BCUT2D eigenvalue weighted by Crippen LogP contribution is -2.18. The van der Waals surface area contributed by atoms with Crippen LogP contribution in [-0.2, 0) is 21.4 Å². The fourth-order valence-corrected chi connectivity index (χ4v) is 2.54. The van der Waals surface area contributed by atoms with Crippen LogP contribution in [0.2, 0.25) is 0 Å². The summed E-state index contributed by atoms with van der Waals surface area (Å²) < 4.78 is 5.29. The Labute approximate surface area is 147 Å². The van der Waals surface area contributed by atoms with Crippen molar-refractivity contribution in [3.8, 4) is 5.75 Å². The van der Waals surface area contributed by atoms with Gasteiger partial charge in [0.2, 0.25) is 0 Å². The minimum absolute atomic E-state index is 0.0165. The first-order chi connectivity index (χ1) is 10.9. The van der Waals surface area contributed by atoms with E-state index in [9.17, 15) is 9.90 Å². The minimum atomic E-state index is -0.109. The fourth-order valence-electron chi connectivity index (χ4n) is 2.54. The Hall–Kier alpha value is -1.51. The van der Waals surface area contributed by atoms with Crippen LogP contribution in [0.5, 0.6) is 5.75 Å². The van der Waals surface area contributed by atoms with Crippen molar-refractivity contribution < 1.29 is 14.6 Å². The zero-order valence-corrected chi connectivity index (χ0v) is 16.5. The van der Waals surface area contributed by atoms with Crippen molar-refractivity contribution in [3.63, 3.8) is 0 Å². The molecule has 1 aromatic rings. The van der Waals surface area contributed by atoms with Crippen LogP contribution in [0.15, 0.2) is 12.1 Å². The molecule has 1 N–H and O–H groups in total. The first-order valence-electron chi connectivity index (χ1n) is 8.89. The molecule has 0 aromatic heterocycles. The number of esters is 1. The van der Waals surface area contributed by atoms with E-state index >= 15 is 0 Å². The standard InChI is InChI=1S/C21H34O3/c1-15-12-16(13-17(19(15)23)21(5,6)7)10-8-9-11-18(22)24-14-20(2,3)4/h12-13,23H,8-11,14H2,1-7H3. The summed E-state index contributed by atoms with van der Waals surface area (Å²) in [5, 5.41) is 10.3. The molecule has 0 atom stereocenters. The Kier molecular flexibility index (Phi) is 6.88. The molecule has 0 heterocycles. The normalized spacial score (nSPS) is 12.3. The summed E-state index contributed by atoms with van der Waals surface area (Å²) in [6.07, 6.45) is 3.15. The molecule has 0 aliphatic heterocycles. The topological polar surface area (TPSA) is 46.5 Å². The molecule has 0 saturated heterocycles. The molecular weight excluding hydrogens is 300 g/mol. The summed E-state index contributed by atoms with van der Waals surface area (Å²) in [5.74, 6) is 0.291. The Balaban J connectivity index is 2.51. The average molecular weight is 335 g/mol. The molecule has 3 heteroatoms. The zero-order chi connectivity index (χ0) is 18.5. The van der Waals surface area contributed by atoms with E-state index in [1.54, 1.807) is 0 Å². The maximum absolute atomic E-state index is 11.7. The molecule has 0 fully saturated rings. The summed E-state index contributed by atoms with van der Waals surface area (Å²) in [4.78, 5) is 11.7. The molecule has 0 spiro atoms. The highest BCUT2D eigenvalue weighted by Crippen LogP contribution is 2.34. The number of hydrogen-bond donors (Lipinski definition) is 1. The van der Waals surface area contributed by atoms with Crippen molar-refractivity contribution >= 4 is 5.97 Å². The van der Waals surface area contributed by atoms with Crippen LogP contribution in [0.1, 0.15) is 77.5 Å². The van der Waals surface area contributed by atoms with Gasteiger partial charge >= 0.3 is 5.97 Å². The third-order valence-electron chi connectivity index (χ3n) is 3.93. The summed E-state index contributed by atoms with van der Waals surface area (Å²) in [6, 6.07) is 4.14. The number of carbonyl (C=O) groups is 1. The lowest BCUT2D eigenvalue weighted by molar-refractivity contribution is -0.146. The van der Waals surface area contributed by atoms with Crippen LogP contribution in [0.3, 0.4) is 0 Å². The van der Waals surface area contributed by atoms with Crippen molar-refractivity contribution in [2.45, 2.75) is 79.6 Å². The quantitative estimate of drug-likeness (QED) is 0.567. The molecule has 0 aliphatic carbocycles. The monoisotopic (exact) mass is 334 g/mol. The fraction of sp³-hybridized carbons (Fsp3) is 0.667. The van der Waals surface area contributed by atoms with Gasteiger partial charge in [0.1, 0.15) is 5.75 Å². The third kappa shape index (κ3) is 6.94. The molecule has 0 saturated carbocycles. The van der Waals surface area contributed by atoms with Crippen LogP contribution < -0.4 is 0 Å². The van der Waals surface area contributed by atoms with Gasteiger partial charge in [0, 0.05) is 6.42 Å². The van der Waals surface area contributed by atoms with Crippen molar-refractivity contribution in [3.05, 3.63) is 28.8 Å². The van der Waals surface area contributed by atoms with Crippen LogP contribution in [-0.4, -0.2) is 17.7 Å². The van der Waals surface area contributed by atoms with Gasteiger partial charge in [-0.25, -0.2) is 0 Å². The van der Waals surface area contributed by atoms with Gasteiger partial charge in [-0.3, -0.25) is 4.79 Å². The molecule has 0 aliphatic rings. The number of phenols is 1. The number of benzene rings is 1. The lowest BCUT2D eigenvalue weighted by Gasteiger charge is -2.22. The number of hydrogen-bond acceptors (Lipinski definition) is 3. The predicted molar refractivity (Wildman–Crippen MR) is 99.5 cm³/mol. The van der Waals surface area contributed by atoms with Crippen LogP contribution in [0.25, 0.3) is 0 Å². The smallest absolute Gasteiger partial charge is 0.305 e. The highest BCUT2D eigenvalue weighted by atomic mass is 16.5. The second-order valence-electron chi connectivity index (χ2n) is 8.99. The van der Waals surface area contributed by atoms with E-state index in [0.29, 0.717) is 18.8 Å². The van der Waals surface area contributed by atoms with Crippen LogP contribution in [0.4, 0.5) is 0 Å². The Morgan fingerprint density at radius 3 is 2.25 bits per heavy atom. The number of unbranched alkanes of at least 4 members (excludes halogenated alkanes) is 1. The number of aryl methyl sites for hydroxylation is 2. The van der Waals surface area contributed by atoms with E-state index in [-0.39, 0.29) is 16.8 Å². The van der Waals surface area contributed by atoms with Crippen molar-refractivity contribution in [2.24, 2.45) is 5.41 Å². The number of ether oxygens (including phenoxy) is 1. The van der Waals surface area contributed by atoms with E-state index < -0.39 is 0 Å². The van der Waals surface area contributed by atoms with E-state index in [1.807, 2.05) is 13.0 Å². The Bertz CT molecular complexity index is 560. The molecule has 0 unspecified atom stereocenters. The summed E-state index contributed by atoms with van der Waals surface area (Å²) in [7, 11) is 0. The van der Waals surface area contributed by atoms with E-state index in [1.165, 1.54) is 5.56 Å². The maximum Gasteiger partial charge on any atom is 0.305 e. The summed E-state index contributed by atoms with van der Waals surface area (Å²) in [5.41, 5.74) is 3.06. The molecule has 1 aromatic carbocycles. The van der Waals surface area contributed by atoms with Gasteiger partial charge in [-0.1, -0.05) is 53.7 Å². The molecule has 0 amide bonds. The van der Waals surface area contributed by atoms with E-state index in [4.69, 9.17) is 4.74 Å². The number of aromatic hydroxyl groups is 1. The van der Waals surface area contributed by atoms with Crippen molar-refractivity contribution in [1.82, 2.24) is 0 Å². The van der Waals surface area contributed by atoms with Crippen molar-refractivity contribution in [2.75, 3.05) is 6.61 Å². The number of phenolic OH excluding ortho intramolecular Hbond substituents is 1. The molecule has 3 nitrogen and oxygen atoms in total. The highest BCUT2D eigenvalue weighted by Gasteiger charge is 2.20. The van der Waals surface area contributed by atoms with Gasteiger partial charge in [0.05, 0.1) is 6.61 Å². The Morgan fingerprint density at radius 1 is 1.08 bits per heavy atom. The third-order valence-corrected chi connectivity index (χ3v) is 3.93.